The second-order valence-corrected chi connectivity index (χ2v) is 5.91. The molecule has 2 rings (SSSR count). The summed E-state index contributed by atoms with van der Waals surface area (Å²) in [5.74, 6) is 0.533. The van der Waals surface area contributed by atoms with E-state index in [1.807, 2.05) is 19.1 Å². The summed E-state index contributed by atoms with van der Waals surface area (Å²) in [6, 6.07) is 6.26. The fourth-order valence-corrected chi connectivity index (χ4v) is 2.44. The molecule has 0 bridgehead atoms. The molecule has 0 aliphatic heterocycles. The number of carbonyl (C=O) groups excluding carboxylic acids is 1. The fourth-order valence-electron chi connectivity index (χ4n) is 2.44. The Hall–Kier alpha value is -1.71. The summed E-state index contributed by atoms with van der Waals surface area (Å²) in [5, 5.41) is 2.80. The number of carbonyl (C=O) groups is 1. The Labute approximate surface area is 121 Å². The summed E-state index contributed by atoms with van der Waals surface area (Å²) in [6.45, 7) is 7.98. The van der Waals surface area contributed by atoms with E-state index in [9.17, 15) is 4.79 Å². The largest absolute Gasteiger partial charge is 0.397 e. The molecule has 1 saturated carbocycles. The third-order valence-corrected chi connectivity index (χ3v) is 3.49. The summed E-state index contributed by atoms with van der Waals surface area (Å²) < 4.78 is 0. The number of nitrogen functional groups attached to an aromatic ring is 1. The zero-order chi connectivity index (χ0) is 14.7. The maximum atomic E-state index is 11.8. The van der Waals surface area contributed by atoms with E-state index in [0.717, 1.165) is 12.2 Å². The number of hydrogen-bond donors (Lipinski definition) is 2. The topological polar surface area (TPSA) is 58.4 Å². The van der Waals surface area contributed by atoms with Crippen LogP contribution >= 0.6 is 0 Å². The van der Waals surface area contributed by atoms with Crippen molar-refractivity contribution in [2.24, 2.45) is 5.92 Å². The Morgan fingerprint density at radius 3 is 2.65 bits per heavy atom. The first-order valence-electron chi connectivity index (χ1n) is 7.47. The number of nitrogens with two attached hydrogens (primary N) is 1. The van der Waals surface area contributed by atoms with Gasteiger partial charge in [0.1, 0.15) is 0 Å². The molecule has 0 spiro atoms. The van der Waals surface area contributed by atoms with Gasteiger partial charge in [-0.25, -0.2) is 0 Å². The van der Waals surface area contributed by atoms with E-state index >= 15 is 0 Å². The van der Waals surface area contributed by atoms with E-state index in [1.54, 1.807) is 6.07 Å². The van der Waals surface area contributed by atoms with Crippen LogP contribution < -0.4 is 16.0 Å². The average Bonchev–Trinajstić information content (AvgIpc) is 3.20. The number of benzene rings is 1. The molecule has 4 nitrogen and oxygen atoms in total. The van der Waals surface area contributed by atoms with Crippen LogP contribution in [0.3, 0.4) is 0 Å². The highest BCUT2D eigenvalue weighted by atomic mass is 16.1. The van der Waals surface area contributed by atoms with Crippen LogP contribution in [0.15, 0.2) is 18.2 Å². The van der Waals surface area contributed by atoms with Crippen molar-refractivity contribution in [2.75, 3.05) is 23.7 Å². The first-order chi connectivity index (χ1) is 9.52. The highest BCUT2D eigenvalue weighted by Crippen LogP contribution is 2.35. The molecule has 1 aromatic rings. The van der Waals surface area contributed by atoms with Crippen molar-refractivity contribution in [1.29, 1.82) is 0 Å². The van der Waals surface area contributed by atoms with Gasteiger partial charge in [0.05, 0.1) is 11.4 Å². The van der Waals surface area contributed by atoms with Crippen LogP contribution in [0.5, 0.6) is 0 Å². The molecule has 1 fully saturated rings. The van der Waals surface area contributed by atoms with Crippen LogP contribution in [-0.2, 0) is 0 Å². The Bertz CT molecular complexity index is 481. The van der Waals surface area contributed by atoms with Gasteiger partial charge in [-0.05, 0) is 43.9 Å². The first-order valence-corrected chi connectivity index (χ1v) is 7.47. The standard InChI is InChI=1S/C16H25N3O/c1-4-18-16(20)12-5-8-15(14(17)9-12)19(10-11(2)3)13-6-7-13/h5,8-9,11,13H,4,6-7,10,17H2,1-3H3,(H,18,20). The number of amides is 1. The SMILES string of the molecule is CCNC(=O)c1ccc(N(CC(C)C)C2CC2)c(N)c1. The van der Waals surface area contributed by atoms with Crippen LogP contribution in [0, 0.1) is 5.92 Å². The molecule has 110 valence electrons. The average molecular weight is 275 g/mol. The maximum Gasteiger partial charge on any atom is 0.251 e. The molecule has 0 radical (unpaired) electrons. The molecule has 1 aliphatic carbocycles. The van der Waals surface area contributed by atoms with E-state index < -0.39 is 0 Å². The van der Waals surface area contributed by atoms with Gasteiger partial charge in [0, 0.05) is 24.7 Å². The Morgan fingerprint density at radius 2 is 2.15 bits per heavy atom. The van der Waals surface area contributed by atoms with Gasteiger partial charge in [0.2, 0.25) is 0 Å². The summed E-state index contributed by atoms with van der Waals surface area (Å²) in [4.78, 5) is 14.2. The van der Waals surface area contributed by atoms with E-state index in [0.29, 0.717) is 29.8 Å². The van der Waals surface area contributed by atoms with Crippen molar-refractivity contribution in [3.63, 3.8) is 0 Å². The molecule has 0 atom stereocenters. The van der Waals surface area contributed by atoms with E-state index in [-0.39, 0.29) is 5.91 Å². The van der Waals surface area contributed by atoms with Crippen LogP contribution in [0.2, 0.25) is 0 Å². The zero-order valence-electron chi connectivity index (χ0n) is 12.6. The number of nitrogens with one attached hydrogen (secondary N) is 1. The second kappa shape index (κ2) is 6.16. The molecule has 1 aliphatic rings. The molecule has 0 saturated heterocycles. The molecule has 0 heterocycles. The number of anilines is 2. The molecule has 0 unspecified atom stereocenters. The van der Waals surface area contributed by atoms with E-state index in [2.05, 4.69) is 24.1 Å². The molecule has 20 heavy (non-hydrogen) atoms. The maximum absolute atomic E-state index is 11.8. The monoisotopic (exact) mass is 275 g/mol. The minimum Gasteiger partial charge on any atom is -0.397 e. The Morgan fingerprint density at radius 1 is 1.45 bits per heavy atom. The second-order valence-electron chi connectivity index (χ2n) is 5.91. The third kappa shape index (κ3) is 3.44. The quantitative estimate of drug-likeness (QED) is 0.785. The van der Waals surface area contributed by atoms with E-state index in [1.165, 1.54) is 12.8 Å². The summed E-state index contributed by atoms with van der Waals surface area (Å²) in [7, 11) is 0. The van der Waals surface area contributed by atoms with Crippen molar-refractivity contribution in [3.8, 4) is 0 Å². The lowest BCUT2D eigenvalue weighted by atomic mass is 10.1. The van der Waals surface area contributed by atoms with Gasteiger partial charge in [-0.3, -0.25) is 4.79 Å². The molecule has 4 heteroatoms. The molecular formula is C16H25N3O. The smallest absolute Gasteiger partial charge is 0.251 e. The van der Waals surface area contributed by atoms with Gasteiger partial charge in [-0.15, -0.1) is 0 Å². The van der Waals surface area contributed by atoms with Gasteiger partial charge >= 0.3 is 0 Å². The number of rotatable bonds is 6. The lowest BCUT2D eigenvalue weighted by Crippen LogP contribution is -2.30. The van der Waals surface area contributed by atoms with Gasteiger partial charge in [-0.1, -0.05) is 13.8 Å². The number of hydrogen-bond acceptors (Lipinski definition) is 3. The van der Waals surface area contributed by atoms with Crippen molar-refractivity contribution in [2.45, 2.75) is 39.7 Å². The third-order valence-electron chi connectivity index (χ3n) is 3.49. The lowest BCUT2D eigenvalue weighted by molar-refractivity contribution is 0.0956. The van der Waals surface area contributed by atoms with Gasteiger partial charge in [-0.2, -0.15) is 0 Å². The molecule has 1 aromatic carbocycles. The summed E-state index contributed by atoms with van der Waals surface area (Å²) in [5.41, 5.74) is 8.57. The van der Waals surface area contributed by atoms with Crippen molar-refractivity contribution < 1.29 is 4.79 Å². The highest BCUT2D eigenvalue weighted by molar-refractivity contribution is 5.96. The zero-order valence-corrected chi connectivity index (χ0v) is 12.6. The number of nitrogens with zero attached hydrogens (tertiary/aromatic N) is 1. The van der Waals surface area contributed by atoms with Gasteiger partial charge in [0.15, 0.2) is 0 Å². The van der Waals surface area contributed by atoms with Crippen LogP contribution in [0.25, 0.3) is 0 Å². The highest BCUT2D eigenvalue weighted by Gasteiger charge is 2.30. The van der Waals surface area contributed by atoms with E-state index in [4.69, 9.17) is 5.73 Å². The van der Waals surface area contributed by atoms with Crippen molar-refractivity contribution >= 4 is 17.3 Å². The predicted octanol–water partition coefficient (Wildman–Crippen LogP) is 2.64. The van der Waals surface area contributed by atoms with Crippen LogP contribution in [-0.4, -0.2) is 25.0 Å². The summed E-state index contributed by atoms with van der Waals surface area (Å²) in [6.07, 6.45) is 2.48. The minimum absolute atomic E-state index is 0.0624. The van der Waals surface area contributed by atoms with Gasteiger partial charge in [0.25, 0.3) is 5.91 Å². The molecule has 1 amide bonds. The molecule has 3 N–H and O–H groups in total. The Balaban J connectivity index is 2.21. The minimum atomic E-state index is -0.0624. The van der Waals surface area contributed by atoms with Crippen LogP contribution in [0.1, 0.15) is 44.0 Å². The normalized spacial score (nSPS) is 14.4. The summed E-state index contributed by atoms with van der Waals surface area (Å²) >= 11 is 0. The van der Waals surface area contributed by atoms with Crippen molar-refractivity contribution in [1.82, 2.24) is 5.32 Å². The van der Waals surface area contributed by atoms with Crippen molar-refractivity contribution in [3.05, 3.63) is 23.8 Å². The predicted molar refractivity (Wildman–Crippen MR) is 84.1 cm³/mol. The molecular weight excluding hydrogens is 250 g/mol. The Kier molecular flexibility index (Phi) is 4.53. The fraction of sp³-hybridized carbons (Fsp3) is 0.562. The van der Waals surface area contributed by atoms with Crippen LogP contribution in [0.4, 0.5) is 11.4 Å². The molecule has 0 aromatic heterocycles. The lowest BCUT2D eigenvalue weighted by Gasteiger charge is -2.28. The first kappa shape index (κ1) is 14.7. The van der Waals surface area contributed by atoms with Gasteiger partial charge < -0.3 is 16.0 Å².